The number of anilines is 1. The minimum atomic E-state index is -0.688. The second kappa shape index (κ2) is 9.84. The van der Waals surface area contributed by atoms with E-state index in [0.717, 1.165) is 30.1 Å². The first-order valence-corrected chi connectivity index (χ1v) is 10.8. The lowest BCUT2D eigenvalue weighted by molar-refractivity contribution is 0.102. The number of carbonyl (C=O) groups is 2. The summed E-state index contributed by atoms with van der Waals surface area (Å²) < 4.78 is 5.51. The summed E-state index contributed by atoms with van der Waals surface area (Å²) >= 11 is 9.31. The second-order valence-corrected chi connectivity index (χ2v) is 7.95. The molecule has 0 saturated heterocycles. The van der Waals surface area contributed by atoms with Crippen molar-refractivity contribution in [2.24, 2.45) is 4.99 Å². The van der Waals surface area contributed by atoms with Crippen molar-refractivity contribution in [3.8, 4) is 5.88 Å². The lowest BCUT2D eigenvalue weighted by Crippen LogP contribution is -2.26. The number of carbonyl (C=O) groups excluding carboxylic acids is 2. The number of aromatic nitrogens is 2. The summed E-state index contributed by atoms with van der Waals surface area (Å²) in [7, 11) is 0. The second-order valence-electron chi connectivity index (χ2n) is 6.75. The zero-order chi connectivity index (χ0) is 22.5. The van der Waals surface area contributed by atoms with Crippen LogP contribution in [0.2, 0.25) is 5.02 Å². The van der Waals surface area contributed by atoms with Crippen LogP contribution in [0.1, 0.15) is 21.5 Å². The van der Waals surface area contributed by atoms with Crippen LogP contribution in [-0.4, -0.2) is 41.1 Å². The monoisotopic (exact) mass is 516 g/mol. The highest BCUT2D eigenvalue weighted by Gasteiger charge is 2.19. The van der Waals surface area contributed by atoms with Gasteiger partial charge in [0, 0.05) is 18.7 Å². The SMILES string of the molecule is O=C(NCc1ccc(C2=NCCN2)cc1)Oc1n[nH]c(NC(=O)c2ccccc2Cl)c1Br. The zero-order valence-electron chi connectivity index (χ0n) is 16.6. The maximum Gasteiger partial charge on any atom is 0.414 e. The molecule has 0 bridgehead atoms. The number of hydrogen-bond donors (Lipinski definition) is 4. The number of aromatic amines is 1. The lowest BCUT2D eigenvalue weighted by atomic mass is 10.1. The molecular weight excluding hydrogens is 500 g/mol. The molecule has 2 aromatic carbocycles. The van der Waals surface area contributed by atoms with Gasteiger partial charge in [0.15, 0.2) is 0 Å². The molecule has 1 aliphatic rings. The lowest BCUT2D eigenvalue weighted by Gasteiger charge is -2.07. The molecule has 2 amide bonds. The number of ether oxygens (including phenoxy) is 1. The van der Waals surface area contributed by atoms with Crippen molar-refractivity contribution in [1.82, 2.24) is 20.8 Å². The summed E-state index contributed by atoms with van der Waals surface area (Å²) in [5.41, 5.74) is 2.21. The number of nitrogens with zero attached hydrogens (tertiary/aromatic N) is 2. The van der Waals surface area contributed by atoms with Gasteiger partial charge in [0.1, 0.15) is 16.1 Å². The van der Waals surface area contributed by atoms with E-state index in [1.165, 1.54) is 0 Å². The van der Waals surface area contributed by atoms with E-state index in [9.17, 15) is 9.59 Å². The molecule has 0 radical (unpaired) electrons. The van der Waals surface area contributed by atoms with Crippen LogP contribution in [0.25, 0.3) is 0 Å². The third-order valence-electron chi connectivity index (χ3n) is 4.56. The zero-order valence-corrected chi connectivity index (χ0v) is 19.0. The molecule has 0 spiro atoms. The highest BCUT2D eigenvalue weighted by atomic mass is 79.9. The molecule has 164 valence electrons. The van der Waals surface area contributed by atoms with Gasteiger partial charge >= 0.3 is 6.09 Å². The van der Waals surface area contributed by atoms with Crippen LogP contribution in [-0.2, 0) is 6.54 Å². The first-order chi connectivity index (χ1) is 15.5. The summed E-state index contributed by atoms with van der Waals surface area (Å²) in [6.45, 7) is 1.90. The molecule has 9 nitrogen and oxygen atoms in total. The molecular formula is C21H18BrClN6O3. The van der Waals surface area contributed by atoms with Crippen LogP contribution in [0.3, 0.4) is 0 Å². The summed E-state index contributed by atoms with van der Waals surface area (Å²) in [6.07, 6.45) is -0.688. The van der Waals surface area contributed by atoms with E-state index in [1.807, 2.05) is 24.3 Å². The Balaban J connectivity index is 1.31. The molecule has 4 N–H and O–H groups in total. The van der Waals surface area contributed by atoms with Gasteiger partial charge in [-0.3, -0.25) is 14.9 Å². The quantitative estimate of drug-likeness (QED) is 0.397. The molecule has 1 aliphatic heterocycles. The van der Waals surface area contributed by atoms with Crippen molar-refractivity contribution in [2.45, 2.75) is 6.54 Å². The van der Waals surface area contributed by atoms with E-state index in [4.69, 9.17) is 16.3 Å². The van der Waals surface area contributed by atoms with E-state index in [0.29, 0.717) is 15.1 Å². The fraction of sp³-hybridized carbons (Fsp3) is 0.143. The topological polar surface area (TPSA) is 120 Å². The number of H-pyrrole nitrogens is 1. The molecule has 3 aromatic rings. The van der Waals surface area contributed by atoms with Crippen molar-refractivity contribution in [1.29, 1.82) is 0 Å². The number of amidine groups is 1. The van der Waals surface area contributed by atoms with Gasteiger partial charge in [-0.15, -0.1) is 5.10 Å². The number of nitrogens with one attached hydrogen (secondary N) is 4. The largest absolute Gasteiger partial charge is 0.414 e. The normalized spacial score (nSPS) is 12.6. The average molecular weight is 518 g/mol. The standard InChI is InChI=1S/C21H18BrClN6O3/c22-16-18(27-19(30)14-3-1-2-4-15(14)23)28-29-20(16)32-21(31)26-11-12-5-7-13(8-6-12)17-24-9-10-25-17/h1-8H,9-11H2,(H,24,25)(H,26,31)(H2,27,28,29,30). The van der Waals surface area contributed by atoms with Crippen molar-refractivity contribution >= 4 is 51.2 Å². The predicted molar refractivity (Wildman–Crippen MR) is 124 cm³/mol. The summed E-state index contributed by atoms with van der Waals surface area (Å²) in [4.78, 5) is 28.9. The smallest absolute Gasteiger partial charge is 0.388 e. The van der Waals surface area contributed by atoms with Gasteiger partial charge in [0.05, 0.1) is 17.1 Å². The Morgan fingerprint density at radius 2 is 1.94 bits per heavy atom. The van der Waals surface area contributed by atoms with Crippen LogP contribution in [0, 0.1) is 0 Å². The Morgan fingerprint density at radius 3 is 2.66 bits per heavy atom. The Bertz CT molecular complexity index is 1180. The molecule has 0 aliphatic carbocycles. The minimum Gasteiger partial charge on any atom is -0.388 e. The van der Waals surface area contributed by atoms with Gasteiger partial charge in [0.25, 0.3) is 11.8 Å². The maximum atomic E-state index is 12.4. The Hall–Kier alpha value is -3.37. The van der Waals surface area contributed by atoms with Gasteiger partial charge in [0.2, 0.25) is 0 Å². The van der Waals surface area contributed by atoms with Crippen molar-refractivity contribution in [3.05, 3.63) is 74.7 Å². The van der Waals surface area contributed by atoms with Crippen molar-refractivity contribution in [3.63, 3.8) is 0 Å². The number of hydrogen-bond acceptors (Lipinski definition) is 6. The Kier molecular flexibility index (Phi) is 6.72. The van der Waals surface area contributed by atoms with Crippen molar-refractivity contribution in [2.75, 3.05) is 18.4 Å². The van der Waals surface area contributed by atoms with Gasteiger partial charge in [-0.2, -0.15) is 0 Å². The van der Waals surface area contributed by atoms with Crippen LogP contribution in [0.5, 0.6) is 5.88 Å². The third kappa shape index (κ3) is 5.09. The molecule has 1 aromatic heterocycles. The number of aliphatic imine (C=N–C) groups is 1. The van der Waals surface area contributed by atoms with Crippen LogP contribution in [0.15, 0.2) is 58.0 Å². The van der Waals surface area contributed by atoms with E-state index in [-0.39, 0.29) is 18.2 Å². The average Bonchev–Trinajstić information content (AvgIpc) is 3.45. The summed E-state index contributed by atoms with van der Waals surface area (Å²) in [5, 5.41) is 15.3. The van der Waals surface area contributed by atoms with Crippen molar-refractivity contribution < 1.29 is 14.3 Å². The number of amides is 2. The van der Waals surface area contributed by atoms with E-state index in [1.54, 1.807) is 24.3 Å². The number of benzene rings is 2. The molecule has 0 saturated carbocycles. The minimum absolute atomic E-state index is 0.0161. The highest BCUT2D eigenvalue weighted by Crippen LogP contribution is 2.30. The van der Waals surface area contributed by atoms with Crippen LogP contribution in [0.4, 0.5) is 10.6 Å². The fourth-order valence-electron chi connectivity index (χ4n) is 2.96. The predicted octanol–water partition coefficient (Wildman–Crippen LogP) is 3.72. The summed E-state index contributed by atoms with van der Waals surface area (Å²) in [6, 6.07) is 14.3. The molecule has 11 heteroatoms. The molecule has 0 atom stereocenters. The maximum absolute atomic E-state index is 12.4. The Morgan fingerprint density at radius 1 is 1.16 bits per heavy atom. The molecule has 2 heterocycles. The van der Waals surface area contributed by atoms with E-state index < -0.39 is 12.0 Å². The Labute approximate surface area is 196 Å². The molecule has 0 unspecified atom stereocenters. The molecule has 32 heavy (non-hydrogen) atoms. The van der Waals surface area contributed by atoms with Crippen LogP contribution < -0.4 is 20.7 Å². The fourth-order valence-corrected chi connectivity index (χ4v) is 3.54. The van der Waals surface area contributed by atoms with Gasteiger partial charge in [-0.1, -0.05) is 48.0 Å². The first-order valence-electron chi connectivity index (χ1n) is 9.64. The third-order valence-corrected chi connectivity index (χ3v) is 5.63. The summed E-state index contributed by atoms with van der Waals surface area (Å²) in [5.74, 6) is 0.664. The van der Waals surface area contributed by atoms with Gasteiger partial charge < -0.3 is 20.7 Å². The highest BCUT2D eigenvalue weighted by molar-refractivity contribution is 9.10. The van der Waals surface area contributed by atoms with E-state index >= 15 is 0 Å². The van der Waals surface area contributed by atoms with Gasteiger partial charge in [-0.05, 0) is 33.6 Å². The number of halogens is 2. The number of rotatable bonds is 6. The van der Waals surface area contributed by atoms with Gasteiger partial charge in [-0.25, -0.2) is 4.79 Å². The molecule has 0 fully saturated rings. The van der Waals surface area contributed by atoms with E-state index in [2.05, 4.69) is 47.1 Å². The molecule has 4 rings (SSSR count). The van der Waals surface area contributed by atoms with Crippen LogP contribution >= 0.6 is 27.5 Å². The first kappa shape index (κ1) is 21.8.